The van der Waals surface area contributed by atoms with E-state index in [4.69, 9.17) is 14.7 Å². The van der Waals surface area contributed by atoms with Gasteiger partial charge in [-0.2, -0.15) is 0 Å². The second-order valence-electron chi connectivity index (χ2n) is 15.0. The molecule has 0 saturated heterocycles. The maximum Gasteiger partial charge on any atom is 0.329 e. The minimum atomic E-state index is -1.13. The molecule has 0 spiro atoms. The molecule has 5 aliphatic rings. The average Bonchev–Trinajstić information content (AvgIpc) is 3.58. The summed E-state index contributed by atoms with van der Waals surface area (Å²) in [6, 6.07) is -1.99. The number of benzene rings is 5. The Morgan fingerprint density at radius 2 is 1.35 bits per heavy atom. The van der Waals surface area contributed by atoms with Crippen molar-refractivity contribution in [3.63, 3.8) is 0 Å². The minimum absolute atomic E-state index is 0.0497. The number of aliphatic hydroxyl groups excluding tert-OH is 2. The third-order valence-corrected chi connectivity index (χ3v) is 14.6. The number of aliphatic carboxylic acids is 2. The largest absolute Gasteiger partial charge is 0.504 e. The maximum absolute atomic E-state index is 13.9. The molecule has 0 aromatic heterocycles. The molecule has 15 heteroatoms. The Balaban J connectivity index is 1.61. The molecule has 10 rings (SSSR count). The molecule has 282 valence electrons. The van der Waals surface area contributed by atoms with Crippen LogP contribution in [0, 0.1) is 0 Å². The molecule has 0 bridgehead atoms. The lowest BCUT2D eigenvalue weighted by molar-refractivity contribution is -0.138. The lowest BCUT2D eigenvalue weighted by Gasteiger charge is -2.36. The number of anilines is 2. The molecule has 7 N–H and O–H groups in total. The first kappa shape index (κ1) is 34.6. The number of carboxylic acid groups (broad SMARTS) is 2. The molecule has 3 aliphatic heterocycles. The predicted molar refractivity (Wildman–Crippen MR) is 210 cm³/mol. The first-order valence-corrected chi connectivity index (χ1v) is 20.2. The second kappa shape index (κ2) is 12.1. The van der Waals surface area contributed by atoms with E-state index in [0.29, 0.717) is 75.1 Å². The van der Waals surface area contributed by atoms with E-state index in [1.165, 1.54) is 37.6 Å². The summed E-state index contributed by atoms with van der Waals surface area (Å²) >= 11 is 2.55. The molecule has 1 fully saturated rings. The van der Waals surface area contributed by atoms with Crippen LogP contribution in [0.2, 0.25) is 0 Å². The number of rotatable bonds is 6. The Morgan fingerprint density at radius 1 is 0.800 bits per heavy atom. The molecule has 55 heavy (non-hydrogen) atoms. The molecule has 13 nitrogen and oxygen atoms in total. The van der Waals surface area contributed by atoms with Crippen LogP contribution < -0.4 is 26.1 Å². The molecule has 0 amide bonds. The second-order valence-corrected chi connectivity index (χ2v) is 17.1. The van der Waals surface area contributed by atoms with Crippen LogP contribution in [0.15, 0.2) is 25.3 Å². The summed E-state index contributed by atoms with van der Waals surface area (Å²) in [6.45, 7) is 2.44. The van der Waals surface area contributed by atoms with Gasteiger partial charge in [0.2, 0.25) is 0 Å². The van der Waals surface area contributed by atoms with E-state index in [9.17, 15) is 39.9 Å². The first-order valence-electron chi connectivity index (χ1n) is 18.2. The number of phenolic OH excluding ortho intramolecular Hbond substituents is 1. The van der Waals surface area contributed by atoms with Crippen LogP contribution in [0.3, 0.4) is 0 Å². The number of nitrogens with one attached hydrogen (secondary N) is 2. The summed E-state index contributed by atoms with van der Waals surface area (Å²) in [7, 11) is 1.42. The fourth-order valence-electron chi connectivity index (χ4n) is 10.1. The third kappa shape index (κ3) is 4.43. The van der Waals surface area contributed by atoms with Gasteiger partial charge in [0.25, 0.3) is 0 Å². The molecule has 2 aliphatic carbocycles. The number of thioether (sulfide) groups is 2. The molecule has 3 heterocycles. The summed E-state index contributed by atoms with van der Waals surface area (Å²) < 4.78 is 6.05. The third-order valence-electron chi connectivity index (χ3n) is 12.2. The van der Waals surface area contributed by atoms with Gasteiger partial charge in [-0.15, -0.1) is 23.5 Å². The molecular formula is C40H36N4O9S2. The fraction of sp³-hybridized carbons (Fsp3) is 0.375. The summed E-state index contributed by atoms with van der Waals surface area (Å²) in [6.07, 6.45) is 4.85. The standard InChI is InChI=1S/C40H36N4O9S2/c1-12-7-14-22-25-23(15(8-45)37-33(43-19(10-54-37)39(49)50)29(25)32-31(14)41-17-5-4-6-18(17)42-32)24-16(9-46)38-34(44-20(11-55-38)40(51)52)30-27(24)26(22)28(21(12)13(2)47)36(53-3)35(30)48/h7,17-21,41-42,45-46,48H,4-6,8-11H2,1-3H3,(H,49,50)(H,51,52). The highest BCUT2D eigenvalue weighted by Crippen LogP contribution is 2.59. The van der Waals surface area contributed by atoms with E-state index < -0.39 is 43.2 Å². The van der Waals surface area contributed by atoms with Crippen LogP contribution >= 0.6 is 23.5 Å². The predicted octanol–water partition coefficient (Wildman–Crippen LogP) is 4.64. The minimum Gasteiger partial charge on any atom is -0.504 e. The SMILES string of the molecule is COc1c(O)c2c3c(c(CO)c4c5c(CO)c6c(c7c8c(c9c(c(c1C(C(C)=O)C(C)=C9)c24)c75)NC1CCCC1N8)=NC(C(=O)O)CS6)SCC(C(=O)O)N=3. The van der Waals surface area contributed by atoms with Gasteiger partial charge >= 0.3 is 11.9 Å². The summed E-state index contributed by atoms with van der Waals surface area (Å²) in [4.78, 5) is 49.6. The van der Waals surface area contributed by atoms with E-state index in [1.54, 1.807) is 0 Å². The summed E-state index contributed by atoms with van der Waals surface area (Å²) in [5.74, 6) is -3.29. The summed E-state index contributed by atoms with van der Waals surface area (Å²) in [5.41, 5.74) is 4.36. The topological polar surface area (TPSA) is 210 Å². The van der Waals surface area contributed by atoms with Crippen LogP contribution in [0.25, 0.3) is 49.2 Å². The number of aliphatic hydroxyl groups is 2. The van der Waals surface area contributed by atoms with E-state index in [-0.39, 0.29) is 51.6 Å². The maximum atomic E-state index is 13.9. The van der Waals surface area contributed by atoms with Crippen molar-refractivity contribution in [2.75, 3.05) is 29.2 Å². The highest BCUT2D eigenvalue weighted by atomic mass is 32.2. The molecule has 0 radical (unpaired) electrons. The Bertz CT molecular complexity index is 2820. The number of nitrogens with zero attached hydrogens (tertiary/aromatic N) is 2. The van der Waals surface area contributed by atoms with Gasteiger partial charge in [0.1, 0.15) is 5.78 Å². The van der Waals surface area contributed by atoms with Crippen LogP contribution in [-0.4, -0.2) is 86.0 Å². The monoisotopic (exact) mass is 780 g/mol. The lowest BCUT2D eigenvalue weighted by Crippen LogP contribution is -2.40. The van der Waals surface area contributed by atoms with Crippen molar-refractivity contribution in [1.29, 1.82) is 0 Å². The van der Waals surface area contributed by atoms with Gasteiger partial charge in [0.05, 0.1) is 53.7 Å². The number of hydrogen-bond acceptors (Lipinski definition) is 13. The molecule has 5 aromatic rings. The zero-order valence-electron chi connectivity index (χ0n) is 30.0. The Kier molecular flexibility index (Phi) is 7.61. The highest BCUT2D eigenvalue weighted by Gasteiger charge is 2.42. The van der Waals surface area contributed by atoms with Crippen molar-refractivity contribution >= 4 is 102 Å². The van der Waals surface area contributed by atoms with E-state index >= 15 is 0 Å². The Hall–Kier alpha value is -4.83. The lowest BCUT2D eigenvalue weighted by atomic mass is 9.78. The van der Waals surface area contributed by atoms with Gasteiger partial charge in [-0.05, 0) is 49.3 Å². The fourth-order valence-corrected chi connectivity index (χ4v) is 12.4. The normalized spacial score (nSPS) is 23.6. The van der Waals surface area contributed by atoms with Gasteiger partial charge in [-0.1, -0.05) is 11.6 Å². The van der Waals surface area contributed by atoms with Gasteiger partial charge < -0.3 is 40.9 Å². The Morgan fingerprint density at radius 3 is 1.87 bits per heavy atom. The van der Waals surface area contributed by atoms with Crippen molar-refractivity contribution in [1.82, 2.24) is 0 Å². The molecular weight excluding hydrogens is 745 g/mol. The van der Waals surface area contributed by atoms with Gasteiger partial charge in [-0.3, -0.25) is 14.8 Å². The number of ketones is 1. The molecule has 1 saturated carbocycles. The van der Waals surface area contributed by atoms with Crippen LogP contribution in [0.5, 0.6) is 11.5 Å². The van der Waals surface area contributed by atoms with Crippen LogP contribution in [0.4, 0.5) is 11.4 Å². The van der Waals surface area contributed by atoms with Crippen molar-refractivity contribution in [3.05, 3.63) is 38.5 Å². The number of methoxy groups -OCH3 is 1. The van der Waals surface area contributed by atoms with Crippen LogP contribution in [-0.2, 0) is 27.6 Å². The number of carbonyl (C=O) groups is 3. The average molecular weight is 781 g/mol. The number of hydrogen-bond donors (Lipinski definition) is 7. The number of allylic oxidation sites excluding steroid dienone is 1. The highest BCUT2D eigenvalue weighted by molar-refractivity contribution is 7.99. The van der Waals surface area contributed by atoms with Gasteiger partial charge in [0, 0.05) is 77.2 Å². The van der Waals surface area contributed by atoms with E-state index in [2.05, 4.69) is 10.6 Å². The zero-order valence-corrected chi connectivity index (χ0v) is 31.6. The van der Waals surface area contributed by atoms with Gasteiger partial charge in [-0.25, -0.2) is 9.59 Å². The zero-order chi connectivity index (χ0) is 38.3. The quantitative estimate of drug-likeness (QED) is 0.0927. The first-order chi connectivity index (χ1) is 26.5. The molecule has 5 unspecified atom stereocenters. The van der Waals surface area contributed by atoms with Crippen molar-refractivity contribution < 1.29 is 44.7 Å². The number of phenols is 1. The van der Waals surface area contributed by atoms with E-state index in [0.717, 1.165) is 36.2 Å². The van der Waals surface area contributed by atoms with Crippen molar-refractivity contribution in [2.24, 2.45) is 9.98 Å². The number of carbonyl (C=O) groups excluding carboxylic acids is 1. The van der Waals surface area contributed by atoms with Crippen LogP contribution in [0.1, 0.15) is 61.3 Å². The number of fused-ring (bicyclic) bond motifs is 9. The number of Topliss-reactive ketones (excluding diaryl/α,β-unsaturated/α-hetero) is 1. The Labute approximate surface area is 320 Å². The number of aromatic hydroxyl groups is 1. The summed E-state index contributed by atoms with van der Waals surface area (Å²) in [5, 5.41) is 68.4. The van der Waals surface area contributed by atoms with Crippen molar-refractivity contribution in [3.8, 4) is 11.5 Å². The molecule has 5 aromatic carbocycles. The molecule has 5 atom stereocenters. The number of carboxylic acids is 2. The number of ether oxygens (including phenoxy) is 1. The van der Waals surface area contributed by atoms with E-state index in [1.807, 2.05) is 13.0 Å². The van der Waals surface area contributed by atoms with Gasteiger partial charge in [0.15, 0.2) is 23.6 Å². The van der Waals surface area contributed by atoms with Crippen molar-refractivity contribution in [2.45, 2.75) is 86.2 Å². The smallest absolute Gasteiger partial charge is 0.329 e.